The molecule has 0 saturated carbocycles. The lowest BCUT2D eigenvalue weighted by Gasteiger charge is -2.21. The number of nitrogens with two attached hydrogens (primary N) is 1. The Morgan fingerprint density at radius 2 is 1.92 bits per heavy atom. The molecule has 0 radical (unpaired) electrons. The third-order valence-electron chi connectivity index (χ3n) is 10.2. The molecule has 9 nitrogen and oxygen atoms in total. The predicted molar refractivity (Wildman–Crippen MR) is 202 cm³/mol. The largest absolute Gasteiger partial charge is 0.493 e. The van der Waals surface area contributed by atoms with Crippen LogP contribution in [0.3, 0.4) is 0 Å². The van der Waals surface area contributed by atoms with Crippen LogP contribution >= 0.6 is 22.9 Å². The van der Waals surface area contributed by atoms with Crippen molar-refractivity contribution in [2.45, 2.75) is 71.3 Å². The molecule has 8 rings (SSSR count). The summed E-state index contributed by atoms with van der Waals surface area (Å²) < 4.78 is 27.0. The molecule has 0 fully saturated rings. The fourth-order valence-corrected chi connectivity index (χ4v) is 9.36. The number of hydrogen-bond donors (Lipinski definition) is 2. The Labute approximate surface area is 309 Å². The lowest BCUT2D eigenvalue weighted by molar-refractivity contribution is 0.0999. The van der Waals surface area contributed by atoms with E-state index in [1.807, 2.05) is 24.3 Å². The molecule has 4 aromatic heterocycles. The summed E-state index contributed by atoms with van der Waals surface area (Å²) in [5.74, 6) is 1.15. The van der Waals surface area contributed by atoms with E-state index in [-0.39, 0.29) is 23.7 Å². The minimum absolute atomic E-state index is 0.0828. The van der Waals surface area contributed by atoms with Crippen molar-refractivity contribution in [3.05, 3.63) is 105 Å². The van der Waals surface area contributed by atoms with E-state index < -0.39 is 5.91 Å². The third-order valence-corrected chi connectivity index (χ3v) is 11.6. The number of hydrogen-bond acceptors (Lipinski definition) is 9. The van der Waals surface area contributed by atoms with Gasteiger partial charge >= 0.3 is 0 Å². The number of benzene rings is 2. The summed E-state index contributed by atoms with van der Waals surface area (Å²) in [6, 6.07) is 13.3. The fourth-order valence-electron chi connectivity index (χ4n) is 8.00. The highest BCUT2D eigenvalue weighted by Gasteiger charge is 2.33. The van der Waals surface area contributed by atoms with Crippen LogP contribution in [0.4, 0.5) is 10.2 Å². The lowest BCUT2D eigenvalue weighted by atomic mass is 9.88. The number of nitrogens with zero attached hydrogens (tertiary/aromatic N) is 4. The van der Waals surface area contributed by atoms with Crippen LogP contribution in [-0.2, 0) is 25.7 Å². The molecular weight excluding hydrogens is 699 g/mol. The summed E-state index contributed by atoms with van der Waals surface area (Å²) in [5.41, 5.74) is 13.7. The van der Waals surface area contributed by atoms with Crippen LogP contribution in [0, 0.1) is 18.7 Å². The Balaban J connectivity index is 1.30. The normalized spacial score (nSPS) is 16.4. The number of carbonyl (C=O) groups excluding carboxylic acids is 1. The van der Waals surface area contributed by atoms with E-state index in [1.165, 1.54) is 35.6 Å². The number of halogens is 2. The van der Waals surface area contributed by atoms with Gasteiger partial charge in [-0.2, -0.15) is 0 Å². The van der Waals surface area contributed by atoms with Crippen LogP contribution in [0.1, 0.15) is 88.5 Å². The molecule has 1 amide bonds. The summed E-state index contributed by atoms with van der Waals surface area (Å²) in [5, 5.41) is 14.0. The van der Waals surface area contributed by atoms with Crippen LogP contribution in [0.5, 0.6) is 5.75 Å². The first-order chi connectivity index (χ1) is 25.1. The number of pyridine rings is 2. The van der Waals surface area contributed by atoms with Crippen LogP contribution in [0.15, 0.2) is 53.1 Å². The monoisotopic (exact) mass is 736 g/mol. The van der Waals surface area contributed by atoms with Crippen molar-refractivity contribution in [1.82, 2.24) is 20.2 Å². The quantitative estimate of drug-likeness (QED) is 0.142. The Kier molecular flexibility index (Phi) is 8.95. The number of anilines is 1. The second kappa shape index (κ2) is 13.6. The molecular formula is C40H38ClFN6O3S. The second-order valence-corrected chi connectivity index (χ2v) is 15.6. The number of rotatable bonds is 10. The molecule has 2 aromatic carbocycles. The first kappa shape index (κ1) is 34.2. The number of ether oxygens (including phenoxy) is 1. The lowest BCUT2D eigenvalue weighted by Crippen LogP contribution is -2.20. The summed E-state index contributed by atoms with van der Waals surface area (Å²) in [6.45, 7) is 5.95. The summed E-state index contributed by atoms with van der Waals surface area (Å²) >= 11 is 7.88. The number of aromatic nitrogens is 4. The van der Waals surface area contributed by atoms with Gasteiger partial charge in [-0.1, -0.05) is 37.6 Å². The fraction of sp³-hybridized carbons (Fsp3) is 0.325. The van der Waals surface area contributed by atoms with Gasteiger partial charge in [0, 0.05) is 34.1 Å². The van der Waals surface area contributed by atoms with Gasteiger partial charge in [0.15, 0.2) is 11.6 Å². The van der Waals surface area contributed by atoms with Crippen LogP contribution < -0.4 is 15.8 Å². The molecule has 2 aliphatic rings. The molecule has 266 valence electrons. The molecule has 0 saturated heterocycles. The smallest absolute Gasteiger partial charge is 0.251 e. The van der Waals surface area contributed by atoms with Crippen molar-refractivity contribution >= 4 is 44.7 Å². The molecule has 52 heavy (non-hydrogen) atoms. The average molecular weight is 737 g/mol. The van der Waals surface area contributed by atoms with Crippen LogP contribution in [-0.4, -0.2) is 33.2 Å². The highest BCUT2D eigenvalue weighted by atomic mass is 35.5. The van der Waals surface area contributed by atoms with Crippen molar-refractivity contribution in [2.75, 3.05) is 12.4 Å². The van der Waals surface area contributed by atoms with E-state index in [4.69, 9.17) is 36.5 Å². The Bertz CT molecular complexity index is 2370. The highest BCUT2D eigenvalue weighted by molar-refractivity contribution is 7.23. The van der Waals surface area contributed by atoms with Gasteiger partial charge in [-0.3, -0.25) is 9.78 Å². The van der Waals surface area contributed by atoms with Crippen molar-refractivity contribution in [1.29, 1.82) is 0 Å². The Morgan fingerprint density at radius 3 is 2.67 bits per heavy atom. The number of primary amides is 1. The van der Waals surface area contributed by atoms with Gasteiger partial charge in [-0.05, 0) is 103 Å². The average Bonchev–Trinajstić information content (AvgIpc) is 3.91. The van der Waals surface area contributed by atoms with Crippen molar-refractivity contribution in [2.24, 2.45) is 11.7 Å². The van der Waals surface area contributed by atoms with Gasteiger partial charge in [0.1, 0.15) is 5.82 Å². The molecule has 2 atom stereocenters. The molecule has 0 bridgehead atoms. The topological polar surface area (TPSA) is 129 Å². The van der Waals surface area contributed by atoms with E-state index in [0.717, 1.165) is 56.1 Å². The Morgan fingerprint density at radius 1 is 1.10 bits per heavy atom. The molecule has 4 heterocycles. The van der Waals surface area contributed by atoms with E-state index in [9.17, 15) is 9.18 Å². The molecule has 3 N–H and O–H groups in total. The van der Waals surface area contributed by atoms with Gasteiger partial charge in [0.2, 0.25) is 11.8 Å². The molecule has 0 spiro atoms. The van der Waals surface area contributed by atoms with Crippen LogP contribution in [0.25, 0.3) is 32.0 Å². The van der Waals surface area contributed by atoms with Crippen molar-refractivity contribution in [3.63, 3.8) is 0 Å². The molecule has 12 heteroatoms. The van der Waals surface area contributed by atoms with E-state index in [0.29, 0.717) is 65.0 Å². The Hall–Kier alpha value is -4.87. The summed E-state index contributed by atoms with van der Waals surface area (Å²) in [6.07, 6.45) is 6.25. The zero-order valence-corrected chi connectivity index (χ0v) is 30.9. The number of aryl methyl sites for hydroxylation is 2. The molecule has 6 aromatic rings. The number of amides is 1. The highest BCUT2D eigenvalue weighted by Crippen LogP contribution is 2.47. The number of fused-ring (bicyclic) bond motifs is 3. The van der Waals surface area contributed by atoms with Gasteiger partial charge in [0.25, 0.3) is 5.91 Å². The van der Waals surface area contributed by atoms with Gasteiger partial charge in [-0.25, -0.2) is 9.37 Å². The van der Waals surface area contributed by atoms with Gasteiger partial charge in [0.05, 0.1) is 40.4 Å². The van der Waals surface area contributed by atoms with Crippen molar-refractivity contribution < 1.29 is 18.3 Å². The van der Waals surface area contributed by atoms with E-state index in [1.54, 1.807) is 13.1 Å². The maximum absolute atomic E-state index is 14.5. The van der Waals surface area contributed by atoms with Gasteiger partial charge in [-0.15, -0.1) is 21.5 Å². The zero-order valence-electron chi connectivity index (χ0n) is 29.3. The van der Waals surface area contributed by atoms with E-state index >= 15 is 0 Å². The van der Waals surface area contributed by atoms with Gasteiger partial charge < -0.3 is 20.2 Å². The maximum atomic E-state index is 14.5. The van der Waals surface area contributed by atoms with E-state index in [2.05, 4.69) is 41.5 Å². The minimum atomic E-state index is -0.569. The number of carbonyl (C=O) groups is 1. The standard InChI is InChI=1S/C40H38ClFN6O3S/c1-19(2)15-30-33(38(43)49)35(34(40-48-47-20(3)51-40)31(45-30)17-22-6-5-21-16-24(41)7-8-25(21)22)32-18-23-13-14-44-39(37(23)52-32)46-29-12-10-27-26(29)9-11-28(42)36(27)50-4/h7-9,11,13-14,16,18-19,22,29H,5-6,10,12,15,17H2,1-4H3,(H2,43,49)(H,44,46)/t22-,29-/m0/s1. The minimum Gasteiger partial charge on any atom is -0.493 e. The zero-order chi connectivity index (χ0) is 36.3. The summed E-state index contributed by atoms with van der Waals surface area (Å²) in [4.78, 5) is 24.4. The predicted octanol–water partition coefficient (Wildman–Crippen LogP) is 9.19. The second-order valence-electron chi connectivity index (χ2n) is 14.1. The molecule has 0 unspecified atom stereocenters. The SMILES string of the molecule is COc1c(F)ccc2c1CC[C@@H]2Nc1nccc2cc(-c3c(C(N)=O)c(CC(C)C)nc(C[C@@H]4CCc5cc(Cl)ccc54)c3-c3nnc(C)o3)sc12. The number of thiophene rings is 1. The third kappa shape index (κ3) is 6.09. The summed E-state index contributed by atoms with van der Waals surface area (Å²) in [7, 11) is 1.50. The first-order valence-electron chi connectivity index (χ1n) is 17.5. The maximum Gasteiger partial charge on any atom is 0.251 e. The van der Waals surface area contributed by atoms with Crippen LogP contribution in [0.2, 0.25) is 5.02 Å². The number of methoxy groups -OCH3 is 1. The first-order valence-corrected chi connectivity index (χ1v) is 18.7. The molecule has 0 aliphatic heterocycles. The van der Waals surface area contributed by atoms with Crippen molar-refractivity contribution in [3.8, 4) is 27.6 Å². The number of nitrogens with one attached hydrogen (secondary N) is 1. The molecule has 2 aliphatic carbocycles.